The van der Waals surface area contributed by atoms with Gasteiger partial charge in [-0.3, -0.25) is 9.20 Å². The molecule has 0 spiro atoms. The minimum atomic E-state index is -0.215. The van der Waals surface area contributed by atoms with Crippen LogP contribution in [0.15, 0.2) is 47.8 Å². The molecule has 0 amide bonds. The summed E-state index contributed by atoms with van der Waals surface area (Å²) in [5, 5.41) is 8.81. The van der Waals surface area contributed by atoms with E-state index >= 15 is 0 Å². The molecule has 0 aliphatic heterocycles. The lowest BCUT2D eigenvalue weighted by Crippen LogP contribution is -2.15. The van der Waals surface area contributed by atoms with Gasteiger partial charge < -0.3 is 0 Å². The van der Waals surface area contributed by atoms with E-state index in [9.17, 15) is 4.79 Å². The van der Waals surface area contributed by atoms with E-state index < -0.39 is 0 Å². The molecule has 0 radical (unpaired) electrons. The number of carbonyl (C=O) groups is 1. The molecule has 0 fully saturated rings. The van der Waals surface area contributed by atoms with E-state index in [4.69, 9.17) is 0 Å². The third-order valence-corrected chi connectivity index (χ3v) is 4.65. The van der Waals surface area contributed by atoms with E-state index in [1.165, 1.54) is 11.8 Å². The van der Waals surface area contributed by atoms with Gasteiger partial charge in [-0.2, -0.15) is 0 Å². The van der Waals surface area contributed by atoms with Crippen LogP contribution < -0.4 is 0 Å². The number of ketones is 1. The van der Waals surface area contributed by atoms with Crippen molar-refractivity contribution in [3.05, 3.63) is 59.3 Å². The smallest absolute Gasteiger partial charge is 0.196 e. The van der Waals surface area contributed by atoms with Crippen LogP contribution >= 0.6 is 11.8 Å². The fraction of sp³-hybridized carbons (Fsp3) is 0.235. The highest BCUT2D eigenvalue weighted by Gasteiger charge is 2.20. The van der Waals surface area contributed by atoms with Crippen LogP contribution in [0.4, 0.5) is 0 Å². The van der Waals surface area contributed by atoms with Gasteiger partial charge in [0.05, 0.1) is 5.25 Å². The first kappa shape index (κ1) is 14.8. The summed E-state index contributed by atoms with van der Waals surface area (Å²) in [4.78, 5) is 12.7. The van der Waals surface area contributed by atoms with E-state index in [0.29, 0.717) is 0 Å². The quantitative estimate of drug-likeness (QED) is 0.544. The Labute approximate surface area is 133 Å². The Morgan fingerprint density at radius 2 is 2.00 bits per heavy atom. The summed E-state index contributed by atoms with van der Waals surface area (Å²) in [6.45, 7) is 5.88. The number of Topliss-reactive ketones (excluding diaryl/α,β-unsaturated/α-hetero) is 1. The van der Waals surface area contributed by atoms with Gasteiger partial charge in [0.2, 0.25) is 0 Å². The van der Waals surface area contributed by atoms with Crippen LogP contribution in [0.5, 0.6) is 0 Å². The Kier molecular flexibility index (Phi) is 3.98. The maximum atomic E-state index is 12.7. The maximum Gasteiger partial charge on any atom is 0.196 e. The summed E-state index contributed by atoms with van der Waals surface area (Å²) in [6.07, 6.45) is 1.91. The van der Waals surface area contributed by atoms with E-state index in [1.807, 2.05) is 67.8 Å². The Bertz CT molecular complexity index is 841. The van der Waals surface area contributed by atoms with Crippen molar-refractivity contribution in [3.8, 4) is 0 Å². The van der Waals surface area contributed by atoms with E-state index in [1.54, 1.807) is 0 Å². The van der Waals surface area contributed by atoms with Crippen molar-refractivity contribution in [1.82, 2.24) is 14.6 Å². The van der Waals surface area contributed by atoms with Crippen LogP contribution in [0.2, 0.25) is 0 Å². The lowest BCUT2D eigenvalue weighted by molar-refractivity contribution is 0.0993. The molecule has 3 aromatic rings. The second-order valence-electron chi connectivity index (χ2n) is 5.35. The molecule has 5 heteroatoms. The average Bonchev–Trinajstić information content (AvgIpc) is 2.92. The summed E-state index contributed by atoms with van der Waals surface area (Å²) in [5.41, 5.74) is 3.68. The lowest BCUT2D eigenvalue weighted by Gasteiger charge is -2.11. The zero-order chi connectivity index (χ0) is 15.7. The van der Waals surface area contributed by atoms with Crippen molar-refractivity contribution in [2.24, 2.45) is 0 Å². The summed E-state index contributed by atoms with van der Waals surface area (Å²) < 4.78 is 1.90. The molecule has 2 heterocycles. The van der Waals surface area contributed by atoms with Gasteiger partial charge in [-0.25, -0.2) is 0 Å². The summed E-state index contributed by atoms with van der Waals surface area (Å²) >= 11 is 1.44. The molecule has 0 bridgehead atoms. The van der Waals surface area contributed by atoms with Crippen LogP contribution in [0, 0.1) is 13.8 Å². The minimum absolute atomic E-state index is 0.124. The van der Waals surface area contributed by atoms with E-state index in [0.717, 1.165) is 27.5 Å². The average molecular weight is 311 g/mol. The first-order valence-corrected chi connectivity index (χ1v) is 8.02. The summed E-state index contributed by atoms with van der Waals surface area (Å²) in [7, 11) is 0. The van der Waals surface area contributed by atoms with Crippen molar-refractivity contribution >= 4 is 23.2 Å². The van der Waals surface area contributed by atoms with Gasteiger partial charge in [-0.1, -0.05) is 35.5 Å². The fourth-order valence-corrected chi connectivity index (χ4v) is 3.24. The number of benzene rings is 1. The first-order chi connectivity index (χ1) is 10.6. The van der Waals surface area contributed by atoms with Gasteiger partial charge in [0, 0.05) is 11.8 Å². The Balaban J connectivity index is 1.86. The standard InChI is InChI=1S/C17H17N3OS/c1-11-7-8-12(2)14(10-11)16(21)13(3)22-17-19-18-15-6-4-5-9-20(15)17/h4-10,13H,1-3H3/t13-/m1/s1. The van der Waals surface area contributed by atoms with Crippen molar-refractivity contribution < 1.29 is 4.79 Å². The molecule has 112 valence electrons. The third-order valence-electron chi connectivity index (χ3n) is 3.59. The normalized spacial score (nSPS) is 12.5. The Morgan fingerprint density at radius 3 is 2.82 bits per heavy atom. The number of rotatable bonds is 4. The second-order valence-corrected chi connectivity index (χ2v) is 6.66. The monoisotopic (exact) mass is 311 g/mol. The number of hydrogen-bond donors (Lipinski definition) is 0. The van der Waals surface area contributed by atoms with E-state index in [-0.39, 0.29) is 11.0 Å². The molecule has 0 N–H and O–H groups in total. The van der Waals surface area contributed by atoms with Crippen LogP contribution in [0.1, 0.15) is 28.4 Å². The predicted octanol–water partition coefficient (Wildman–Crippen LogP) is 3.71. The molecule has 0 aliphatic carbocycles. The highest BCUT2D eigenvalue weighted by molar-refractivity contribution is 8.00. The highest BCUT2D eigenvalue weighted by atomic mass is 32.2. The number of aryl methyl sites for hydroxylation is 2. The predicted molar refractivity (Wildman–Crippen MR) is 88.6 cm³/mol. The molecule has 0 saturated heterocycles. The van der Waals surface area contributed by atoms with Crippen LogP contribution in [0.25, 0.3) is 5.65 Å². The van der Waals surface area contributed by atoms with Gasteiger partial charge in [0.25, 0.3) is 0 Å². The van der Waals surface area contributed by atoms with Crippen LogP contribution in [-0.4, -0.2) is 25.6 Å². The zero-order valence-corrected chi connectivity index (χ0v) is 13.6. The van der Waals surface area contributed by atoms with Crippen LogP contribution in [0.3, 0.4) is 0 Å². The fourth-order valence-electron chi connectivity index (χ4n) is 2.33. The number of aromatic nitrogens is 3. The molecule has 0 aliphatic rings. The van der Waals surface area contributed by atoms with Gasteiger partial charge in [0.15, 0.2) is 16.6 Å². The molecule has 1 aromatic carbocycles. The second kappa shape index (κ2) is 5.93. The number of thioether (sulfide) groups is 1. The summed E-state index contributed by atoms with van der Waals surface area (Å²) in [5.74, 6) is 0.124. The molecular formula is C17H17N3OS. The van der Waals surface area contributed by atoms with Crippen molar-refractivity contribution in [2.75, 3.05) is 0 Å². The number of nitrogens with zero attached hydrogens (tertiary/aromatic N) is 3. The van der Waals surface area contributed by atoms with Gasteiger partial charge in [0.1, 0.15) is 0 Å². The molecular weight excluding hydrogens is 294 g/mol. The Morgan fingerprint density at radius 1 is 1.18 bits per heavy atom. The van der Waals surface area contributed by atoms with Gasteiger partial charge >= 0.3 is 0 Å². The molecule has 0 unspecified atom stereocenters. The van der Waals surface area contributed by atoms with Crippen molar-refractivity contribution in [3.63, 3.8) is 0 Å². The van der Waals surface area contributed by atoms with Crippen LogP contribution in [-0.2, 0) is 0 Å². The molecule has 3 rings (SSSR count). The minimum Gasteiger partial charge on any atom is -0.293 e. The maximum absolute atomic E-state index is 12.7. The molecule has 0 saturated carbocycles. The molecule has 22 heavy (non-hydrogen) atoms. The zero-order valence-electron chi connectivity index (χ0n) is 12.8. The van der Waals surface area contributed by atoms with Crippen molar-refractivity contribution in [2.45, 2.75) is 31.2 Å². The van der Waals surface area contributed by atoms with Gasteiger partial charge in [-0.15, -0.1) is 10.2 Å². The Hall–Kier alpha value is -2.14. The number of fused-ring (bicyclic) bond motifs is 1. The summed E-state index contributed by atoms with van der Waals surface area (Å²) in [6, 6.07) is 11.7. The van der Waals surface area contributed by atoms with Gasteiger partial charge in [-0.05, 0) is 44.5 Å². The van der Waals surface area contributed by atoms with Crippen molar-refractivity contribution in [1.29, 1.82) is 0 Å². The number of pyridine rings is 1. The van der Waals surface area contributed by atoms with E-state index in [2.05, 4.69) is 10.2 Å². The topological polar surface area (TPSA) is 47.3 Å². The largest absolute Gasteiger partial charge is 0.293 e. The highest BCUT2D eigenvalue weighted by Crippen LogP contribution is 2.25. The molecule has 1 atom stereocenters. The SMILES string of the molecule is Cc1ccc(C)c(C(=O)[C@@H](C)Sc2nnc3ccccn23)c1. The molecule has 4 nitrogen and oxygen atoms in total. The lowest BCUT2D eigenvalue weighted by atomic mass is 10.0. The molecule has 2 aromatic heterocycles. The number of carbonyl (C=O) groups excluding carboxylic acids is 1. The number of hydrogen-bond acceptors (Lipinski definition) is 4. The first-order valence-electron chi connectivity index (χ1n) is 7.14. The third kappa shape index (κ3) is 2.76.